The molecule has 0 aromatic heterocycles. The van der Waals surface area contributed by atoms with Crippen LogP contribution in [0.3, 0.4) is 0 Å². The number of aromatic hydroxyl groups is 1. The molecule has 0 saturated heterocycles. The maximum Gasteiger partial charge on any atom is 0.251 e. The van der Waals surface area contributed by atoms with Crippen LogP contribution >= 0.6 is 0 Å². The molecule has 0 aliphatic rings. The van der Waals surface area contributed by atoms with E-state index in [-0.39, 0.29) is 17.1 Å². The number of carbonyl (C=O) groups is 3. The Balaban J connectivity index is 1.99. The summed E-state index contributed by atoms with van der Waals surface area (Å²) in [6.45, 7) is 2.98. The first-order chi connectivity index (χ1) is 11.8. The molecule has 2 rings (SSSR count). The van der Waals surface area contributed by atoms with Crippen molar-refractivity contribution in [3.05, 3.63) is 65.7 Å². The molecule has 0 radical (unpaired) electrons. The van der Waals surface area contributed by atoms with Crippen molar-refractivity contribution < 1.29 is 19.5 Å². The van der Waals surface area contributed by atoms with E-state index in [1.54, 1.807) is 36.4 Å². The Morgan fingerprint density at radius 2 is 1.60 bits per heavy atom. The highest BCUT2D eigenvalue weighted by Crippen LogP contribution is 2.15. The first kappa shape index (κ1) is 17.9. The summed E-state index contributed by atoms with van der Waals surface area (Å²) in [4.78, 5) is 35.3. The molecular weight excluding hydrogens is 320 g/mol. The van der Waals surface area contributed by atoms with Crippen LogP contribution in [0.2, 0.25) is 0 Å². The summed E-state index contributed by atoms with van der Waals surface area (Å²) in [5, 5.41) is 14.6. The number of ketones is 1. The third-order valence-corrected chi connectivity index (χ3v) is 3.37. The van der Waals surface area contributed by atoms with E-state index in [0.29, 0.717) is 16.9 Å². The van der Waals surface area contributed by atoms with E-state index in [2.05, 4.69) is 10.6 Å². The van der Waals surface area contributed by atoms with E-state index >= 15 is 0 Å². The first-order valence-corrected chi connectivity index (χ1v) is 7.56. The Kier molecular flexibility index (Phi) is 5.68. The van der Waals surface area contributed by atoms with Crippen LogP contribution in [0.4, 0.5) is 11.4 Å². The van der Waals surface area contributed by atoms with Crippen molar-refractivity contribution in [3.63, 3.8) is 0 Å². The van der Waals surface area contributed by atoms with Crippen molar-refractivity contribution in [1.29, 1.82) is 0 Å². The molecule has 3 N–H and O–H groups in total. The normalized spacial score (nSPS) is 10.9. The van der Waals surface area contributed by atoms with Crippen LogP contribution in [0.5, 0.6) is 5.75 Å². The van der Waals surface area contributed by atoms with E-state index in [0.717, 1.165) is 0 Å². The van der Waals surface area contributed by atoms with Crippen LogP contribution in [-0.4, -0.2) is 22.7 Å². The van der Waals surface area contributed by atoms with Gasteiger partial charge in [0.15, 0.2) is 5.78 Å². The molecule has 2 amide bonds. The van der Waals surface area contributed by atoms with Gasteiger partial charge in [-0.1, -0.05) is 6.07 Å². The largest absolute Gasteiger partial charge is 0.508 e. The SMILES string of the molecule is CC(=O)c1ccc(NC(=O)/C(C)=C\C(=O)Nc2cccc(O)c2)cc1. The van der Waals surface area contributed by atoms with Gasteiger partial charge in [-0.3, -0.25) is 14.4 Å². The molecule has 6 heteroatoms. The number of phenolic OH excluding ortho intramolecular Hbond substituents is 1. The van der Waals surface area contributed by atoms with Crippen molar-refractivity contribution in [2.45, 2.75) is 13.8 Å². The summed E-state index contributed by atoms with van der Waals surface area (Å²) in [5.41, 5.74) is 1.72. The Hall–Kier alpha value is -3.41. The number of hydrogen-bond acceptors (Lipinski definition) is 4. The molecule has 0 fully saturated rings. The van der Waals surface area contributed by atoms with Crippen LogP contribution in [-0.2, 0) is 9.59 Å². The number of rotatable bonds is 5. The Bertz CT molecular complexity index is 839. The number of hydrogen-bond donors (Lipinski definition) is 3. The second-order valence-corrected chi connectivity index (χ2v) is 5.45. The lowest BCUT2D eigenvalue weighted by Gasteiger charge is -2.07. The lowest BCUT2D eigenvalue weighted by molar-refractivity contribution is -0.114. The minimum Gasteiger partial charge on any atom is -0.508 e. The van der Waals surface area contributed by atoms with E-state index < -0.39 is 11.8 Å². The molecule has 0 atom stereocenters. The van der Waals surface area contributed by atoms with Gasteiger partial charge in [0.25, 0.3) is 5.91 Å². The summed E-state index contributed by atoms with van der Waals surface area (Å²) >= 11 is 0. The van der Waals surface area contributed by atoms with Crippen molar-refractivity contribution in [2.75, 3.05) is 10.6 Å². The molecule has 0 unspecified atom stereocenters. The van der Waals surface area contributed by atoms with Gasteiger partial charge in [-0.2, -0.15) is 0 Å². The van der Waals surface area contributed by atoms with Crippen molar-refractivity contribution >= 4 is 29.0 Å². The fourth-order valence-electron chi connectivity index (χ4n) is 2.04. The monoisotopic (exact) mass is 338 g/mol. The third kappa shape index (κ3) is 5.31. The molecule has 0 aliphatic carbocycles. The number of carbonyl (C=O) groups excluding carboxylic acids is 3. The highest BCUT2D eigenvalue weighted by atomic mass is 16.3. The molecule has 128 valence electrons. The molecule has 0 saturated carbocycles. The minimum absolute atomic E-state index is 0.0326. The zero-order valence-electron chi connectivity index (χ0n) is 13.9. The summed E-state index contributed by atoms with van der Waals surface area (Å²) < 4.78 is 0. The van der Waals surface area contributed by atoms with Crippen LogP contribution in [0.15, 0.2) is 60.2 Å². The molecule has 6 nitrogen and oxygen atoms in total. The van der Waals surface area contributed by atoms with Gasteiger partial charge in [-0.25, -0.2) is 0 Å². The summed E-state index contributed by atoms with van der Waals surface area (Å²) in [6, 6.07) is 12.6. The molecule has 0 aliphatic heterocycles. The fourth-order valence-corrected chi connectivity index (χ4v) is 2.04. The molecule has 0 heterocycles. The second-order valence-electron chi connectivity index (χ2n) is 5.45. The first-order valence-electron chi connectivity index (χ1n) is 7.56. The molecular formula is C19H18N2O4. The maximum atomic E-state index is 12.1. The molecule has 2 aromatic rings. The zero-order valence-corrected chi connectivity index (χ0v) is 13.9. The molecule has 0 spiro atoms. The molecule has 25 heavy (non-hydrogen) atoms. The number of amides is 2. The minimum atomic E-state index is -0.481. The van der Waals surface area contributed by atoms with Gasteiger partial charge in [0.2, 0.25) is 5.91 Å². The number of nitrogens with one attached hydrogen (secondary N) is 2. The van der Waals surface area contributed by atoms with Crippen molar-refractivity contribution in [2.24, 2.45) is 0 Å². The van der Waals surface area contributed by atoms with Crippen LogP contribution < -0.4 is 10.6 Å². The number of Topliss-reactive ketones (excluding diaryl/α,β-unsaturated/α-hetero) is 1. The predicted molar refractivity (Wildman–Crippen MR) is 95.6 cm³/mol. The Labute approximate surface area is 145 Å². The van der Waals surface area contributed by atoms with Gasteiger partial charge in [0.05, 0.1) is 0 Å². The van der Waals surface area contributed by atoms with Gasteiger partial charge >= 0.3 is 0 Å². The number of phenols is 1. The summed E-state index contributed by atoms with van der Waals surface area (Å²) in [5.74, 6) is -0.936. The second kappa shape index (κ2) is 7.92. The fraction of sp³-hybridized carbons (Fsp3) is 0.105. The van der Waals surface area contributed by atoms with E-state index in [4.69, 9.17) is 0 Å². The van der Waals surface area contributed by atoms with E-state index in [1.807, 2.05) is 0 Å². The van der Waals surface area contributed by atoms with Gasteiger partial charge in [-0.15, -0.1) is 0 Å². The van der Waals surface area contributed by atoms with Gasteiger partial charge < -0.3 is 15.7 Å². The van der Waals surface area contributed by atoms with Gasteiger partial charge in [-0.05, 0) is 50.2 Å². The lowest BCUT2D eigenvalue weighted by Crippen LogP contribution is -2.16. The lowest BCUT2D eigenvalue weighted by atomic mass is 10.1. The predicted octanol–water partition coefficient (Wildman–Crippen LogP) is 3.12. The Morgan fingerprint density at radius 1 is 0.920 bits per heavy atom. The van der Waals surface area contributed by atoms with Gasteiger partial charge in [0, 0.05) is 34.7 Å². The van der Waals surface area contributed by atoms with Crippen LogP contribution in [0.1, 0.15) is 24.2 Å². The van der Waals surface area contributed by atoms with Crippen molar-refractivity contribution in [1.82, 2.24) is 0 Å². The summed E-state index contributed by atoms with van der Waals surface area (Å²) in [6.07, 6.45) is 1.17. The zero-order chi connectivity index (χ0) is 18.4. The van der Waals surface area contributed by atoms with Crippen LogP contribution in [0.25, 0.3) is 0 Å². The number of benzene rings is 2. The average Bonchev–Trinajstić information content (AvgIpc) is 2.55. The van der Waals surface area contributed by atoms with Crippen molar-refractivity contribution in [3.8, 4) is 5.75 Å². The molecule has 2 aromatic carbocycles. The standard InChI is InChI=1S/C19H18N2O4/c1-12(10-18(24)20-16-4-3-5-17(23)11-16)19(25)21-15-8-6-14(7-9-15)13(2)22/h3-11,23H,1-2H3,(H,20,24)(H,21,25)/b12-10-. The van der Waals surface area contributed by atoms with E-state index in [9.17, 15) is 19.5 Å². The highest BCUT2D eigenvalue weighted by molar-refractivity contribution is 6.10. The Morgan fingerprint density at radius 3 is 2.20 bits per heavy atom. The smallest absolute Gasteiger partial charge is 0.251 e. The van der Waals surface area contributed by atoms with Gasteiger partial charge in [0.1, 0.15) is 5.75 Å². The maximum absolute atomic E-state index is 12.1. The topological polar surface area (TPSA) is 95.5 Å². The average molecular weight is 338 g/mol. The molecule has 0 bridgehead atoms. The quantitative estimate of drug-likeness (QED) is 0.576. The summed E-state index contributed by atoms with van der Waals surface area (Å²) in [7, 11) is 0. The van der Waals surface area contributed by atoms with E-state index in [1.165, 1.54) is 32.1 Å². The highest BCUT2D eigenvalue weighted by Gasteiger charge is 2.08. The van der Waals surface area contributed by atoms with Crippen LogP contribution in [0, 0.1) is 0 Å². The third-order valence-electron chi connectivity index (χ3n) is 3.37. The number of anilines is 2.